The maximum atomic E-state index is 12.6. The minimum Gasteiger partial charge on any atom is -0.507 e. The van der Waals surface area contributed by atoms with Gasteiger partial charge < -0.3 is 18.8 Å². The van der Waals surface area contributed by atoms with E-state index in [1.807, 2.05) is 17.5 Å². The Morgan fingerprint density at radius 1 is 1.11 bits per heavy atom. The van der Waals surface area contributed by atoms with Crippen LogP contribution >= 0.6 is 11.3 Å². The van der Waals surface area contributed by atoms with Crippen molar-refractivity contribution in [3.05, 3.63) is 68.2 Å². The largest absolute Gasteiger partial charge is 0.507 e. The van der Waals surface area contributed by atoms with Gasteiger partial charge in [-0.3, -0.25) is 4.79 Å². The molecule has 0 saturated heterocycles. The molecule has 0 atom stereocenters. The minimum absolute atomic E-state index is 0.0941. The number of nitrogens with zero attached hydrogens (tertiary/aromatic N) is 1. The second-order valence-electron chi connectivity index (χ2n) is 6.49. The molecule has 28 heavy (non-hydrogen) atoms. The number of furan rings is 1. The van der Waals surface area contributed by atoms with Crippen molar-refractivity contribution in [3.8, 4) is 17.3 Å². The lowest BCUT2D eigenvalue weighted by Gasteiger charge is -2.16. The maximum Gasteiger partial charge on any atom is 0.343 e. The first kappa shape index (κ1) is 18.1. The van der Waals surface area contributed by atoms with E-state index in [2.05, 4.69) is 0 Å². The molecule has 4 aromatic rings. The summed E-state index contributed by atoms with van der Waals surface area (Å²) in [5.74, 6) is 0.329. The Kier molecular flexibility index (Phi) is 4.31. The minimum atomic E-state index is -0.611. The second kappa shape index (κ2) is 6.69. The van der Waals surface area contributed by atoms with Crippen molar-refractivity contribution in [1.82, 2.24) is 0 Å². The highest BCUT2D eigenvalue weighted by Gasteiger charge is 2.19. The summed E-state index contributed by atoms with van der Waals surface area (Å²) in [6.07, 6.45) is 0. The van der Waals surface area contributed by atoms with Gasteiger partial charge in [0.2, 0.25) is 0 Å². The lowest BCUT2D eigenvalue weighted by atomic mass is 10.1. The van der Waals surface area contributed by atoms with Crippen LogP contribution in [0.5, 0.6) is 5.75 Å². The van der Waals surface area contributed by atoms with Crippen molar-refractivity contribution < 1.29 is 18.7 Å². The Morgan fingerprint density at radius 2 is 1.89 bits per heavy atom. The fourth-order valence-corrected chi connectivity index (χ4v) is 3.70. The third-order valence-electron chi connectivity index (χ3n) is 4.70. The molecule has 0 fully saturated rings. The van der Waals surface area contributed by atoms with Crippen molar-refractivity contribution >= 4 is 33.9 Å². The number of amides is 1. The van der Waals surface area contributed by atoms with Gasteiger partial charge in [0.15, 0.2) is 11.5 Å². The second-order valence-corrected chi connectivity index (χ2v) is 7.44. The standard InChI is InChI=1S/C21H17NO5S/c1-11-18(23)12(2)21(25)27-19(11)16-10-13-9-14(6-7-15(13)26-16)22(3)20(24)17-5-4-8-28-17/h4-10,23H,1-3H3. The van der Waals surface area contributed by atoms with Crippen LogP contribution in [0.25, 0.3) is 22.5 Å². The van der Waals surface area contributed by atoms with E-state index in [0.29, 0.717) is 27.5 Å². The Bertz CT molecular complexity index is 1250. The monoisotopic (exact) mass is 395 g/mol. The molecule has 1 N–H and O–H groups in total. The van der Waals surface area contributed by atoms with E-state index < -0.39 is 5.63 Å². The average molecular weight is 395 g/mol. The van der Waals surface area contributed by atoms with Gasteiger partial charge in [0.05, 0.1) is 10.4 Å². The van der Waals surface area contributed by atoms with Crippen LogP contribution in [0.4, 0.5) is 5.69 Å². The smallest absolute Gasteiger partial charge is 0.343 e. The van der Waals surface area contributed by atoms with E-state index in [4.69, 9.17) is 8.83 Å². The molecule has 3 aromatic heterocycles. The van der Waals surface area contributed by atoms with Crippen molar-refractivity contribution in [2.45, 2.75) is 13.8 Å². The number of benzene rings is 1. The average Bonchev–Trinajstić information content (AvgIpc) is 3.37. The molecule has 3 heterocycles. The van der Waals surface area contributed by atoms with Gasteiger partial charge in [-0.1, -0.05) is 6.07 Å². The molecule has 4 rings (SSSR count). The number of anilines is 1. The van der Waals surface area contributed by atoms with E-state index in [1.54, 1.807) is 43.1 Å². The molecule has 0 radical (unpaired) electrons. The van der Waals surface area contributed by atoms with Gasteiger partial charge in [-0.05, 0) is 49.6 Å². The van der Waals surface area contributed by atoms with Crippen LogP contribution in [-0.2, 0) is 0 Å². The summed E-state index contributed by atoms with van der Waals surface area (Å²) in [7, 11) is 1.71. The molecule has 142 valence electrons. The third kappa shape index (κ3) is 2.90. The Balaban J connectivity index is 1.76. The van der Waals surface area contributed by atoms with Gasteiger partial charge in [0, 0.05) is 23.7 Å². The zero-order valence-corrected chi connectivity index (χ0v) is 16.3. The van der Waals surface area contributed by atoms with Crippen LogP contribution in [-0.4, -0.2) is 18.1 Å². The molecule has 0 aliphatic carbocycles. The van der Waals surface area contributed by atoms with Crippen LogP contribution in [0.15, 0.2) is 55.4 Å². The molecule has 0 aliphatic rings. The first-order chi connectivity index (χ1) is 13.4. The summed E-state index contributed by atoms with van der Waals surface area (Å²) < 4.78 is 11.1. The normalized spacial score (nSPS) is 11.1. The van der Waals surface area contributed by atoms with Gasteiger partial charge in [0.25, 0.3) is 5.91 Å². The van der Waals surface area contributed by atoms with Crippen molar-refractivity contribution in [1.29, 1.82) is 0 Å². The number of hydrogen-bond acceptors (Lipinski definition) is 6. The summed E-state index contributed by atoms with van der Waals surface area (Å²) in [6, 6.07) is 10.7. The van der Waals surface area contributed by atoms with E-state index in [0.717, 1.165) is 5.39 Å². The lowest BCUT2D eigenvalue weighted by Crippen LogP contribution is -2.25. The molecule has 0 unspecified atom stereocenters. The zero-order valence-electron chi connectivity index (χ0n) is 15.5. The number of thiophene rings is 1. The number of hydrogen-bond donors (Lipinski definition) is 1. The van der Waals surface area contributed by atoms with E-state index in [-0.39, 0.29) is 23.0 Å². The van der Waals surface area contributed by atoms with E-state index >= 15 is 0 Å². The van der Waals surface area contributed by atoms with Crippen LogP contribution in [0.1, 0.15) is 20.8 Å². The molecule has 6 nitrogen and oxygen atoms in total. The molecule has 0 spiro atoms. The number of aromatic hydroxyl groups is 1. The molecule has 1 aromatic carbocycles. The molecular weight excluding hydrogens is 378 g/mol. The SMILES string of the molecule is Cc1c(-c2cc3cc(N(C)C(=O)c4cccs4)ccc3o2)oc(=O)c(C)c1O. The summed E-state index contributed by atoms with van der Waals surface area (Å²) in [5, 5.41) is 12.7. The van der Waals surface area contributed by atoms with Crippen LogP contribution < -0.4 is 10.5 Å². The summed E-state index contributed by atoms with van der Waals surface area (Å²) >= 11 is 1.39. The summed E-state index contributed by atoms with van der Waals surface area (Å²) in [5.41, 5.74) is 1.27. The Labute approximate surface area is 164 Å². The Hall–Kier alpha value is -3.32. The highest BCUT2D eigenvalue weighted by molar-refractivity contribution is 7.12. The molecular formula is C21H17NO5S. The predicted octanol–water partition coefficient (Wildman–Crippen LogP) is 4.71. The summed E-state index contributed by atoms with van der Waals surface area (Å²) in [6.45, 7) is 3.16. The zero-order chi connectivity index (χ0) is 20.0. The molecule has 0 saturated carbocycles. The lowest BCUT2D eigenvalue weighted by molar-refractivity contribution is 0.0997. The molecule has 0 bridgehead atoms. The number of carbonyl (C=O) groups excluding carboxylic acids is 1. The van der Waals surface area contributed by atoms with E-state index in [1.165, 1.54) is 18.3 Å². The highest BCUT2D eigenvalue weighted by Crippen LogP contribution is 2.34. The molecule has 7 heteroatoms. The predicted molar refractivity (Wildman–Crippen MR) is 108 cm³/mol. The van der Waals surface area contributed by atoms with Crippen LogP contribution in [0, 0.1) is 13.8 Å². The first-order valence-electron chi connectivity index (χ1n) is 8.55. The van der Waals surface area contributed by atoms with Crippen molar-refractivity contribution in [3.63, 3.8) is 0 Å². The van der Waals surface area contributed by atoms with Crippen LogP contribution in [0.3, 0.4) is 0 Å². The van der Waals surface area contributed by atoms with Gasteiger partial charge in [-0.25, -0.2) is 4.79 Å². The fraction of sp³-hybridized carbons (Fsp3) is 0.143. The quantitative estimate of drug-likeness (QED) is 0.543. The van der Waals surface area contributed by atoms with Crippen molar-refractivity contribution in [2.75, 3.05) is 11.9 Å². The van der Waals surface area contributed by atoms with Gasteiger partial charge >= 0.3 is 5.63 Å². The number of carbonyl (C=O) groups is 1. The summed E-state index contributed by atoms with van der Waals surface area (Å²) in [4.78, 5) is 26.7. The number of rotatable bonds is 3. The first-order valence-corrected chi connectivity index (χ1v) is 9.43. The third-order valence-corrected chi connectivity index (χ3v) is 5.56. The van der Waals surface area contributed by atoms with E-state index in [9.17, 15) is 14.7 Å². The van der Waals surface area contributed by atoms with Gasteiger partial charge in [-0.2, -0.15) is 0 Å². The maximum absolute atomic E-state index is 12.6. The topological polar surface area (TPSA) is 83.9 Å². The molecule has 0 aliphatic heterocycles. The molecule has 1 amide bonds. The Morgan fingerprint density at radius 3 is 2.61 bits per heavy atom. The number of fused-ring (bicyclic) bond motifs is 1. The highest BCUT2D eigenvalue weighted by atomic mass is 32.1. The fourth-order valence-electron chi connectivity index (χ4n) is 3.00. The van der Waals surface area contributed by atoms with Gasteiger partial charge in [0.1, 0.15) is 11.3 Å². The van der Waals surface area contributed by atoms with Crippen molar-refractivity contribution in [2.24, 2.45) is 0 Å². The van der Waals surface area contributed by atoms with Crippen LogP contribution in [0.2, 0.25) is 0 Å². The van der Waals surface area contributed by atoms with Gasteiger partial charge in [-0.15, -0.1) is 11.3 Å².